The number of hydrogen-bond donors (Lipinski definition) is 2. The van der Waals surface area contributed by atoms with E-state index in [4.69, 9.17) is 10.00 Å². The standard InChI is InChI=1S/C19H18F3N3O4/c1-16-7-12(26)17(2,29-16)13-14(27)25(15(28)18(13,16)24-3)10-5-4-9(8-23)11(6-10)19(20,21)22/h4-6,12-13,24,26H,7H2,1-3H3/t12-,13?,16?,17?,18-/m0/s1. The molecule has 1 aromatic carbocycles. The fourth-order valence-electron chi connectivity index (χ4n) is 5.34. The third-order valence-corrected chi connectivity index (χ3v) is 6.62. The zero-order valence-electron chi connectivity index (χ0n) is 15.8. The number of amides is 2. The Morgan fingerprint density at radius 3 is 2.55 bits per heavy atom. The van der Waals surface area contributed by atoms with Crippen molar-refractivity contribution < 1.29 is 32.6 Å². The Bertz CT molecular complexity index is 990. The van der Waals surface area contributed by atoms with Gasteiger partial charge in [-0.3, -0.25) is 9.59 Å². The van der Waals surface area contributed by atoms with E-state index in [0.717, 1.165) is 12.1 Å². The summed E-state index contributed by atoms with van der Waals surface area (Å²) in [7, 11) is 1.48. The lowest BCUT2D eigenvalue weighted by atomic mass is 9.62. The summed E-state index contributed by atoms with van der Waals surface area (Å²) >= 11 is 0. The summed E-state index contributed by atoms with van der Waals surface area (Å²) in [5.41, 5.74) is -6.23. The molecule has 4 rings (SSSR count). The second-order valence-electron chi connectivity index (χ2n) is 8.05. The molecule has 3 fully saturated rings. The average molecular weight is 409 g/mol. The molecule has 3 aliphatic heterocycles. The first-order valence-corrected chi connectivity index (χ1v) is 8.94. The van der Waals surface area contributed by atoms with Crippen molar-refractivity contribution in [3.63, 3.8) is 0 Å². The van der Waals surface area contributed by atoms with Crippen LogP contribution in [0.5, 0.6) is 0 Å². The minimum atomic E-state index is -4.83. The first kappa shape index (κ1) is 19.8. The van der Waals surface area contributed by atoms with Gasteiger partial charge in [0, 0.05) is 6.42 Å². The lowest BCUT2D eigenvalue weighted by molar-refractivity contribution is -0.138. The van der Waals surface area contributed by atoms with Gasteiger partial charge >= 0.3 is 6.18 Å². The van der Waals surface area contributed by atoms with Crippen LogP contribution in [0.15, 0.2) is 18.2 Å². The van der Waals surface area contributed by atoms with Gasteiger partial charge in [0.1, 0.15) is 17.1 Å². The van der Waals surface area contributed by atoms with Crippen LogP contribution in [0.25, 0.3) is 0 Å². The molecule has 5 atom stereocenters. The van der Waals surface area contributed by atoms with Crippen molar-refractivity contribution in [2.75, 3.05) is 11.9 Å². The van der Waals surface area contributed by atoms with Gasteiger partial charge < -0.3 is 15.2 Å². The maximum Gasteiger partial charge on any atom is 0.417 e. The maximum absolute atomic E-state index is 13.4. The first-order valence-electron chi connectivity index (χ1n) is 8.94. The van der Waals surface area contributed by atoms with Crippen molar-refractivity contribution in [2.45, 2.75) is 49.3 Å². The van der Waals surface area contributed by atoms with Crippen LogP contribution < -0.4 is 10.2 Å². The van der Waals surface area contributed by atoms with Crippen LogP contribution in [0, 0.1) is 17.2 Å². The van der Waals surface area contributed by atoms with Crippen molar-refractivity contribution in [3.8, 4) is 6.07 Å². The molecule has 0 radical (unpaired) electrons. The first-order chi connectivity index (χ1) is 13.4. The Morgan fingerprint density at radius 1 is 1.34 bits per heavy atom. The van der Waals surface area contributed by atoms with Gasteiger partial charge in [0.05, 0.1) is 34.6 Å². The number of ether oxygens (including phenoxy) is 1. The summed E-state index contributed by atoms with van der Waals surface area (Å²) in [5.74, 6) is -2.62. The van der Waals surface area contributed by atoms with Crippen LogP contribution in [0.2, 0.25) is 0 Å². The Hall–Kier alpha value is -2.48. The normalized spacial score (nSPS) is 38.5. The van der Waals surface area contributed by atoms with Crippen LogP contribution in [0.1, 0.15) is 31.4 Å². The summed E-state index contributed by atoms with van der Waals surface area (Å²) in [4.78, 5) is 27.4. The fraction of sp³-hybridized carbons (Fsp3) is 0.526. The van der Waals surface area contributed by atoms with E-state index in [1.807, 2.05) is 0 Å². The minimum absolute atomic E-state index is 0.0921. The topological polar surface area (TPSA) is 103 Å². The minimum Gasteiger partial charge on any atom is -0.390 e. The monoisotopic (exact) mass is 409 g/mol. The van der Waals surface area contributed by atoms with Gasteiger partial charge in [0.25, 0.3) is 5.91 Å². The number of alkyl halides is 3. The number of anilines is 1. The molecule has 7 nitrogen and oxygen atoms in total. The van der Waals surface area contributed by atoms with Crippen LogP contribution in [0.3, 0.4) is 0 Å². The van der Waals surface area contributed by atoms with Gasteiger partial charge in [-0.1, -0.05) is 0 Å². The van der Waals surface area contributed by atoms with E-state index < -0.39 is 57.9 Å². The third kappa shape index (κ3) is 2.12. The molecule has 3 saturated heterocycles. The Morgan fingerprint density at radius 2 is 2.00 bits per heavy atom. The van der Waals surface area contributed by atoms with Crippen molar-refractivity contribution in [1.29, 1.82) is 5.26 Å². The van der Waals surface area contributed by atoms with Crippen LogP contribution >= 0.6 is 0 Å². The molecule has 3 heterocycles. The van der Waals surface area contributed by atoms with E-state index in [1.54, 1.807) is 6.92 Å². The Kier molecular flexibility index (Phi) is 3.80. The van der Waals surface area contributed by atoms with Gasteiger partial charge in [0.2, 0.25) is 5.91 Å². The number of likely N-dealkylation sites (N-methyl/N-ethyl adjacent to an activating group) is 1. The Balaban J connectivity index is 1.89. The molecule has 3 aliphatic rings. The molecule has 2 N–H and O–H groups in total. The lowest BCUT2D eigenvalue weighted by Crippen LogP contribution is -2.68. The lowest BCUT2D eigenvalue weighted by Gasteiger charge is -2.42. The van der Waals surface area contributed by atoms with E-state index in [-0.39, 0.29) is 12.1 Å². The molecule has 29 heavy (non-hydrogen) atoms. The molecule has 2 bridgehead atoms. The number of nitrogens with one attached hydrogen (secondary N) is 1. The number of nitriles is 1. The molecule has 3 unspecified atom stereocenters. The number of aliphatic hydroxyl groups is 1. The van der Waals surface area contributed by atoms with Crippen LogP contribution in [-0.4, -0.2) is 46.8 Å². The van der Waals surface area contributed by atoms with Crippen molar-refractivity contribution in [3.05, 3.63) is 29.3 Å². The number of hydrogen-bond acceptors (Lipinski definition) is 6. The highest BCUT2D eigenvalue weighted by Crippen LogP contribution is 2.63. The molecule has 0 aliphatic carbocycles. The van der Waals surface area contributed by atoms with Crippen LogP contribution in [0.4, 0.5) is 18.9 Å². The number of carbonyl (C=O) groups excluding carboxylic acids is 2. The molecule has 0 spiro atoms. The maximum atomic E-state index is 13.4. The summed E-state index contributed by atoms with van der Waals surface area (Å²) in [6.45, 7) is 3.13. The zero-order chi connectivity index (χ0) is 21.6. The molecule has 2 amide bonds. The van der Waals surface area contributed by atoms with Gasteiger partial charge in [-0.05, 0) is 39.1 Å². The number of halogens is 3. The number of rotatable bonds is 2. The number of imide groups is 1. The smallest absolute Gasteiger partial charge is 0.390 e. The van der Waals surface area contributed by atoms with E-state index in [1.165, 1.54) is 20.0 Å². The highest BCUT2D eigenvalue weighted by molar-refractivity contribution is 6.27. The highest BCUT2D eigenvalue weighted by atomic mass is 19.4. The second-order valence-corrected chi connectivity index (χ2v) is 8.05. The van der Waals surface area contributed by atoms with Gasteiger partial charge in [-0.2, -0.15) is 18.4 Å². The SMILES string of the molecule is CN[C@]12C(=O)N(c3ccc(C#N)c(C(F)(F)F)c3)C(=O)C1C1(C)OC2(C)C[C@@H]1O. The third-order valence-electron chi connectivity index (χ3n) is 6.62. The van der Waals surface area contributed by atoms with E-state index in [0.29, 0.717) is 11.0 Å². The second kappa shape index (κ2) is 5.56. The number of benzene rings is 1. The molecule has 0 aromatic heterocycles. The summed E-state index contributed by atoms with van der Waals surface area (Å²) in [5, 5.41) is 22.3. The largest absolute Gasteiger partial charge is 0.417 e. The predicted octanol–water partition coefficient (Wildman–Crippen LogP) is 1.34. The predicted molar refractivity (Wildman–Crippen MR) is 92.5 cm³/mol. The summed E-state index contributed by atoms with van der Waals surface area (Å²) in [6.07, 6.45) is -5.75. The van der Waals surface area contributed by atoms with Gasteiger partial charge in [-0.15, -0.1) is 0 Å². The molecular weight excluding hydrogens is 391 g/mol. The quantitative estimate of drug-likeness (QED) is 0.715. The Labute approximate surface area is 164 Å². The fourth-order valence-corrected chi connectivity index (χ4v) is 5.34. The number of fused-ring (bicyclic) bond motifs is 5. The molecule has 1 aromatic rings. The van der Waals surface area contributed by atoms with Crippen LogP contribution in [-0.2, 0) is 20.5 Å². The number of nitrogens with zero attached hydrogens (tertiary/aromatic N) is 2. The van der Waals surface area contributed by atoms with Crippen molar-refractivity contribution in [1.82, 2.24) is 5.32 Å². The summed E-state index contributed by atoms with van der Waals surface area (Å²) in [6, 6.07) is 4.17. The van der Waals surface area contributed by atoms with E-state index >= 15 is 0 Å². The number of carbonyl (C=O) groups is 2. The highest BCUT2D eigenvalue weighted by Gasteiger charge is 2.83. The van der Waals surface area contributed by atoms with E-state index in [9.17, 15) is 27.9 Å². The molecule has 154 valence electrons. The zero-order valence-corrected chi connectivity index (χ0v) is 15.8. The van der Waals surface area contributed by atoms with Gasteiger partial charge in [-0.25, -0.2) is 4.90 Å². The van der Waals surface area contributed by atoms with Crippen molar-refractivity contribution >= 4 is 17.5 Å². The van der Waals surface area contributed by atoms with E-state index in [2.05, 4.69) is 5.32 Å². The number of aliphatic hydroxyl groups excluding tert-OH is 1. The van der Waals surface area contributed by atoms with Crippen molar-refractivity contribution in [2.24, 2.45) is 5.92 Å². The molecule has 0 saturated carbocycles. The molecule has 10 heteroatoms. The van der Waals surface area contributed by atoms with Gasteiger partial charge in [0.15, 0.2) is 0 Å². The molecular formula is C19H18F3N3O4. The summed E-state index contributed by atoms with van der Waals surface area (Å²) < 4.78 is 46.1. The average Bonchev–Trinajstić information content (AvgIpc) is 3.11.